The van der Waals surface area contributed by atoms with Gasteiger partial charge in [-0.25, -0.2) is 0 Å². The number of hydrogen-bond acceptors (Lipinski definition) is 3. The molecule has 1 aromatic carbocycles. The van der Waals surface area contributed by atoms with Crippen molar-refractivity contribution in [3.63, 3.8) is 0 Å². The monoisotopic (exact) mass is 316 g/mol. The van der Waals surface area contributed by atoms with E-state index in [0.717, 1.165) is 45.4 Å². The zero-order valence-corrected chi connectivity index (χ0v) is 14.1. The number of nitrogens with one attached hydrogen (secondary N) is 1. The second-order valence-corrected chi connectivity index (χ2v) is 7.15. The summed E-state index contributed by atoms with van der Waals surface area (Å²) < 4.78 is 5.26. The van der Waals surface area contributed by atoms with Crippen molar-refractivity contribution in [2.45, 2.75) is 32.2 Å². The first-order valence-electron chi connectivity index (χ1n) is 8.75. The van der Waals surface area contributed by atoms with Crippen LogP contribution < -0.4 is 5.32 Å². The fourth-order valence-electron chi connectivity index (χ4n) is 3.81. The van der Waals surface area contributed by atoms with E-state index in [-0.39, 0.29) is 11.3 Å². The van der Waals surface area contributed by atoms with E-state index in [4.69, 9.17) is 4.74 Å². The van der Waals surface area contributed by atoms with Crippen LogP contribution in [0, 0.1) is 11.3 Å². The smallest absolute Gasteiger partial charge is 0.228 e. The second-order valence-electron chi connectivity index (χ2n) is 7.15. The van der Waals surface area contributed by atoms with Gasteiger partial charge in [0, 0.05) is 26.7 Å². The summed E-state index contributed by atoms with van der Waals surface area (Å²) in [6, 6.07) is 10.6. The number of benzene rings is 1. The van der Waals surface area contributed by atoms with Gasteiger partial charge in [-0.05, 0) is 37.3 Å². The molecule has 1 aromatic rings. The summed E-state index contributed by atoms with van der Waals surface area (Å²) in [5.41, 5.74) is 1.13. The lowest BCUT2D eigenvalue weighted by molar-refractivity contribution is -0.140. The van der Waals surface area contributed by atoms with Crippen molar-refractivity contribution < 1.29 is 9.53 Å². The minimum atomic E-state index is -0.239. The lowest BCUT2D eigenvalue weighted by atomic mass is 9.68. The molecule has 23 heavy (non-hydrogen) atoms. The van der Waals surface area contributed by atoms with E-state index in [0.29, 0.717) is 12.5 Å². The largest absolute Gasteiger partial charge is 0.384 e. The minimum absolute atomic E-state index is 0.201. The number of ether oxygens (including phenoxy) is 1. The Labute approximate surface area is 139 Å². The van der Waals surface area contributed by atoms with Gasteiger partial charge in [0.25, 0.3) is 0 Å². The molecule has 0 bridgehead atoms. The Bertz CT molecular complexity index is 513. The summed E-state index contributed by atoms with van der Waals surface area (Å²) in [5.74, 6) is 0.773. The molecule has 4 nitrogen and oxygen atoms in total. The Kier molecular flexibility index (Phi) is 5.34. The third-order valence-electron chi connectivity index (χ3n) is 5.38. The van der Waals surface area contributed by atoms with Crippen molar-refractivity contribution in [2.75, 3.05) is 33.4 Å². The maximum Gasteiger partial charge on any atom is 0.228 e. The van der Waals surface area contributed by atoms with Gasteiger partial charge in [0.2, 0.25) is 5.91 Å². The highest BCUT2D eigenvalue weighted by molar-refractivity contribution is 5.83. The summed E-state index contributed by atoms with van der Waals surface area (Å²) in [6.45, 7) is 4.57. The van der Waals surface area contributed by atoms with Crippen LogP contribution in [0.4, 0.5) is 0 Å². The predicted octanol–water partition coefficient (Wildman–Crippen LogP) is 2.44. The zero-order chi connectivity index (χ0) is 16.1. The van der Waals surface area contributed by atoms with Crippen LogP contribution in [0.5, 0.6) is 0 Å². The van der Waals surface area contributed by atoms with E-state index >= 15 is 0 Å². The molecule has 1 atom stereocenters. The van der Waals surface area contributed by atoms with Crippen LogP contribution in [0.25, 0.3) is 0 Å². The molecule has 0 radical (unpaired) electrons. The summed E-state index contributed by atoms with van der Waals surface area (Å²) >= 11 is 0. The second kappa shape index (κ2) is 7.45. The molecule has 1 aliphatic carbocycles. The van der Waals surface area contributed by atoms with Gasteiger partial charge in [-0.2, -0.15) is 0 Å². The quantitative estimate of drug-likeness (QED) is 0.840. The number of hydrogen-bond donors (Lipinski definition) is 1. The molecule has 1 N–H and O–H groups in total. The number of nitrogens with zero attached hydrogens (tertiary/aromatic N) is 1. The standard InChI is InChI=1S/C19H28N2O2/c1-23-15-19(9-5-10-19)18(22)20-12-17-8-11-21(14-17)13-16-6-3-2-4-7-16/h2-4,6-7,17H,5,8-15H2,1H3,(H,20,22). The van der Waals surface area contributed by atoms with Gasteiger partial charge in [0.1, 0.15) is 0 Å². The zero-order valence-electron chi connectivity index (χ0n) is 14.1. The molecule has 1 saturated carbocycles. The van der Waals surface area contributed by atoms with Crippen molar-refractivity contribution in [1.82, 2.24) is 10.2 Å². The SMILES string of the molecule is COCC1(C(=O)NCC2CCN(Cc3ccccc3)C2)CCC1. The molecule has 1 amide bonds. The first-order valence-corrected chi connectivity index (χ1v) is 8.75. The predicted molar refractivity (Wildman–Crippen MR) is 91.0 cm³/mol. The fourth-order valence-corrected chi connectivity index (χ4v) is 3.81. The topological polar surface area (TPSA) is 41.6 Å². The van der Waals surface area contributed by atoms with Crippen LogP contribution in [0.15, 0.2) is 30.3 Å². The molecule has 1 aliphatic heterocycles. The maximum atomic E-state index is 12.5. The van der Waals surface area contributed by atoms with Gasteiger partial charge in [0.05, 0.1) is 12.0 Å². The van der Waals surface area contributed by atoms with Gasteiger partial charge < -0.3 is 10.1 Å². The average Bonchev–Trinajstić information content (AvgIpc) is 2.97. The van der Waals surface area contributed by atoms with Crippen molar-refractivity contribution in [2.24, 2.45) is 11.3 Å². The highest BCUT2D eigenvalue weighted by Gasteiger charge is 2.44. The molecule has 1 saturated heterocycles. The normalized spacial score (nSPS) is 23.4. The van der Waals surface area contributed by atoms with Crippen LogP contribution in [-0.2, 0) is 16.1 Å². The van der Waals surface area contributed by atoms with E-state index in [1.165, 1.54) is 12.0 Å². The lowest BCUT2D eigenvalue weighted by Gasteiger charge is -2.39. The van der Waals surface area contributed by atoms with Gasteiger partial charge in [-0.3, -0.25) is 9.69 Å². The van der Waals surface area contributed by atoms with Crippen molar-refractivity contribution in [3.05, 3.63) is 35.9 Å². The summed E-state index contributed by atoms with van der Waals surface area (Å²) in [4.78, 5) is 14.9. The maximum absolute atomic E-state index is 12.5. The van der Waals surface area contributed by atoms with Crippen LogP contribution in [0.1, 0.15) is 31.2 Å². The molecule has 2 aliphatic rings. The highest BCUT2D eigenvalue weighted by atomic mass is 16.5. The Balaban J connectivity index is 1.42. The van der Waals surface area contributed by atoms with Gasteiger partial charge in [0.15, 0.2) is 0 Å². The van der Waals surface area contributed by atoms with E-state index in [1.807, 2.05) is 0 Å². The fraction of sp³-hybridized carbons (Fsp3) is 0.632. The van der Waals surface area contributed by atoms with E-state index in [1.54, 1.807) is 7.11 Å². The van der Waals surface area contributed by atoms with E-state index < -0.39 is 0 Å². The van der Waals surface area contributed by atoms with Crippen LogP contribution in [0.2, 0.25) is 0 Å². The molecule has 3 rings (SSSR count). The first kappa shape index (κ1) is 16.5. The third kappa shape index (κ3) is 3.93. The van der Waals surface area contributed by atoms with Crippen molar-refractivity contribution in [1.29, 1.82) is 0 Å². The number of methoxy groups -OCH3 is 1. The number of amides is 1. The molecule has 0 aromatic heterocycles. The van der Waals surface area contributed by atoms with Crippen molar-refractivity contribution >= 4 is 5.91 Å². The molecule has 2 fully saturated rings. The molecule has 0 spiro atoms. The van der Waals surface area contributed by atoms with E-state index in [9.17, 15) is 4.79 Å². The summed E-state index contributed by atoms with van der Waals surface area (Å²) in [6.07, 6.45) is 4.25. The lowest BCUT2D eigenvalue weighted by Crippen LogP contribution is -2.49. The summed E-state index contributed by atoms with van der Waals surface area (Å²) in [7, 11) is 1.69. The highest BCUT2D eigenvalue weighted by Crippen LogP contribution is 2.41. The molecule has 1 heterocycles. The minimum Gasteiger partial charge on any atom is -0.384 e. The van der Waals surface area contributed by atoms with E-state index in [2.05, 4.69) is 40.5 Å². The number of carbonyl (C=O) groups is 1. The molecule has 1 unspecified atom stereocenters. The Morgan fingerprint density at radius 1 is 1.35 bits per heavy atom. The van der Waals surface area contributed by atoms with Crippen LogP contribution in [-0.4, -0.2) is 44.2 Å². The van der Waals surface area contributed by atoms with Gasteiger partial charge in [-0.15, -0.1) is 0 Å². The number of likely N-dealkylation sites (tertiary alicyclic amines) is 1. The number of carbonyl (C=O) groups excluding carboxylic acids is 1. The van der Waals surface area contributed by atoms with Crippen molar-refractivity contribution in [3.8, 4) is 0 Å². The van der Waals surface area contributed by atoms with Crippen LogP contribution >= 0.6 is 0 Å². The molecular weight excluding hydrogens is 288 g/mol. The molecule has 126 valence electrons. The van der Waals surface area contributed by atoms with Gasteiger partial charge in [-0.1, -0.05) is 36.8 Å². The van der Waals surface area contributed by atoms with Crippen LogP contribution in [0.3, 0.4) is 0 Å². The molecule has 4 heteroatoms. The number of rotatable bonds is 7. The van der Waals surface area contributed by atoms with Gasteiger partial charge >= 0.3 is 0 Å². The average molecular weight is 316 g/mol. The first-order chi connectivity index (χ1) is 11.2. The summed E-state index contributed by atoms with van der Waals surface area (Å²) in [5, 5.41) is 3.19. The third-order valence-corrected chi connectivity index (χ3v) is 5.38. The Hall–Kier alpha value is -1.39. The molecular formula is C19H28N2O2. The Morgan fingerprint density at radius 3 is 2.78 bits per heavy atom. The Morgan fingerprint density at radius 2 is 2.13 bits per heavy atom.